The Bertz CT molecular complexity index is 502. The number of hydrogen-bond acceptors (Lipinski definition) is 4. The second kappa shape index (κ2) is 4.41. The van der Waals surface area contributed by atoms with E-state index >= 15 is 0 Å². The van der Waals surface area contributed by atoms with E-state index < -0.39 is 18.2 Å². The molecule has 0 amide bonds. The van der Waals surface area contributed by atoms with Gasteiger partial charge in [0.15, 0.2) is 0 Å². The summed E-state index contributed by atoms with van der Waals surface area (Å²) >= 11 is 0. The molecule has 0 radical (unpaired) electrons. The zero-order chi connectivity index (χ0) is 12.4. The van der Waals surface area contributed by atoms with E-state index in [-0.39, 0.29) is 0 Å². The van der Waals surface area contributed by atoms with Gasteiger partial charge in [-0.15, -0.1) is 0 Å². The molecule has 0 spiro atoms. The zero-order valence-electron chi connectivity index (χ0n) is 9.60. The predicted molar refractivity (Wildman–Crippen MR) is 60.2 cm³/mol. The quantitative estimate of drug-likeness (QED) is 0.731. The first-order valence-corrected chi connectivity index (χ1v) is 5.24. The number of cyclic esters (lactones) is 1. The van der Waals surface area contributed by atoms with E-state index in [1.54, 1.807) is 19.1 Å². The van der Waals surface area contributed by atoms with Crippen LogP contribution >= 0.6 is 0 Å². The van der Waals surface area contributed by atoms with Gasteiger partial charge in [-0.05, 0) is 25.5 Å². The molecule has 1 aliphatic rings. The van der Waals surface area contributed by atoms with E-state index in [0.29, 0.717) is 11.1 Å². The number of benzene rings is 1. The van der Waals surface area contributed by atoms with E-state index in [4.69, 9.17) is 9.47 Å². The third kappa shape index (κ3) is 2.36. The van der Waals surface area contributed by atoms with E-state index in [1.807, 2.05) is 19.1 Å². The summed E-state index contributed by atoms with van der Waals surface area (Å²) in [4.78, 5) is 22.9. The van der Waals surface area contributed by atoms with Crippen molar-refractivity contribution in [3.05, 3.63) is 47.0 Å². The summed E-state index contributed by atoms with van der Waals surface area (Å²) in [6.45, 7) is 3.43. The molecule has 0 bridgehead atoms. The van der Waals surface area contributed by atoms with Crippen LogP contribution in [0.5, 0.6) is 0 Å². The van der Waals surface area contributed by atoms with Gasteiger partial charge in [0, 0.05) is 11.6 Å². The van der Waals surface area contributed by atoms with Gasteiger partial charge in [0.2, 0.25) is 0 Å². The Morgan fingerprint density at radius 1 is 1.29 bits per heavy atom. The Kier molecular flexibility index (Phi) is 2.95. The third-order valence-electron chi connectivity index (χ3n) is 2.52. The number of carbonyl (C=O) groups excluding carboxylic acids is 2. The van der Waals surface area contributed by atoms with Gasteiger partial charge in [-0.3, -0.25) is 0 Å². The molecule has 0 unspecified atom stereocenters. The van der Waals surface area contributed by atoms with E-state index in [0.717, 1.165) is 5.56 Å². The van der Waals surface area contributed by atoms with Crippen molar-refractivity contribution in [1.29, 1.82) is 0 Å². The number of rotatable bonds is 2. The number of carbonyl (C=O) groups is 2. The number of aryl methyl sites for hydroxylation is 1. The Labute approximate surface area is 98.8 Å². The minimum atomic E-state index is -0.908. The molecular weight excluding hydrogens is 220 g/mol. The predicted octanol–water partition coefficient (Wildman–Crippen LogP) is 1.98. The maximum Gasteiger partial charge on any atom is 0.341 e. The molecular formula is C13H12O4. The highest BCUT2D eigenvalue weighted by Gasteiger charge is 2.26. The molecule has 0 aliphatic carbocycles. The molecule has 0 saturated heterocycles. The van der Waals surface area contributed by atoms with Crippen molar-refractivity contribution in [1.82, 2.24) is 0 Å². The molecule has 88 valence electrons. The maximum atomic E-state index is 11.8. The smallest absolute Gasteiger partial charge is 0.341 e. The van der Waals surface area contributed by atoms with Crippen LogP contribution in [0.15, 0.2) is 35.9 Å². The van der Waals surface area contributed by atoms with Crippen molar-refractivity contribution >= 4 is 11.9 Å². The monoisotopic (exact) mass is 232 g/mol. The molecule has 4 heteroatoms. The first-order chi connectivity index (χ1) is 8.08. The number of ether oxygens (including phenoxy) is 2. The van der Waals surface area contributed by atoms with E-state index in [2.05, 4.69) is 0 Å². The Morgan fingerprint density at radius 3 is 2.59 bits per heavy atom. The first kappa shape index (κ1) is 11.4. The minimum Gasteiger partial charge on any atom is -0.418 e. The van der Waals surface area contributed by atoms with Crippen LogP contribution in [0.1, 0.15) is 22.8 Å². The van der Waals surface area contributed by atoms with E-state index in [1.165, 1.54) is 6.08 Å². The van der Waals surface area contributed by atoms with Gasteiger partial charge in [-0.1, -0.05) is 18.2 Å². The van der Waals surface area contributed by atoms with Crippen LogP contribution in [0.4, 0.5) is 0 Å². The summed E-state index contributed by atoms with van der Waals surface area (Å²) < 4.78 is 9.89. The summed E-state index contributed by atoms with van der Waals surface area (Å²) in [5.41, 5.74) is 1.75. The van der Waals surface area contributed by atoms with Gasteiger partial charge in [0.05, 0.1) is 5.56 Å². The van der Waals surface area contributed by atoms with Gasteiger partial charge < -0.3 is 9.47 Å². The molecule has 1 heterocycles. The van der Waals surface area contributed by atoms with Crippen LogP contribution in [-0.4, -0.2) is 18.2 Å². The van der Waals surface area contributed by atoms with Gasteiger partial charge in [0.25, 0.3) is 6.29 Å². The van der Waals surface area contributed by atoms with Crippen molar-refractivity contribution in [3.8, 4) is 0 Å². The topological polar surface area (TPSA) is 52.6 Å². The molecule has 0 saturated carbocycles. The fraction of sp³-hybridized carbons (Fsp3) is 0.231. The second-order valence-electron chi connectivity index (χ2n) is 3.84. The molecule has 4 nitrogen and oxygen atoms in total. The van der Waals surface area contributed by atoms with Crippen molar-refractivity contribution in [2.24, 2.45) is 0 Å². The number of esters is 2. The summed E-state index contributed by atoms with van der Waals surface area (Å²) in [6.07, 6.45) is 0.577. The minimum absolute atomic E-state index is 0.451. The average molecular weight is 232 g/mol. The van der Waals surface area contributed by atoms with Crippen LogP contribution in [0.25, 0.3) is 0 Å². The molecule has 1 atom stereocenters. The molecule has 1 aliphatic heterocycles. The van der Waals surface area contributed by atoms with Gasteiger partial charge >= 0.3 is 11.9 Å². The van der Waals surface area contributed by atoms with E-state index in [9.17, 15) is 9.59 Å². The highest BCUT2D eigenvalue weighted by molar-refractivity contribution is 5.93. The maximum absolute atomic E-state index is 11.8. The largest absolute Gasteiger partial charge is 0.418 e. The van der Waals surface area contributed by atoms with Gasteiger partial charge in [-0.25, -0.2) is 9.59 Å². The van der Waals surface area contributed by atoms with Gasteiger partial charge in [0.1, 0.15) is 0 Å². The van der Waals surface area contributed by atoms with Crippen LogP contribution in [0, 0.1) is 6.92 Å². The van der Waals surface area contributed by atoms with Crippen molar-refractivity contribution in [2.75, 3.05) is 0 Å². The normalized spacial score (nSPS) is 18.6. The van der Waals surface area contributed by atoms with Crippen molar-refractivity contribution in [2.45, 2.75) is 20.1 Å². The standard InChI is InChI=1S/C13H12O4/c1-8-5-3-4-6-10(8)13(15)17-11-7-9(2)12(14)16-11/h3-7,11H,1-2H3/t11-/m0/s1. The highest BCUT2D eigenvalue weighted by Crippen LogP contribution is 2.17. The summed E-state index contributed by atoms with van der Waals surface area (Å²) in [7, 11) is 0. The molecule has 0 N–H and O–H groups in total. The fourth-order valence-electron chi connectivity index (χ4n) is 1.53. The summed E-state index contributed by atoms with van der Waals surface area (Å²) in [5.74, 6) is -0.945. The first-order valence-electron chi connectivity index (χ1n) is 5.24. The van der Waals surface area contributed by atoms with Crippen molar-refractivity contribution < 1.29 is 19.1 Å². The molecule has 1 aromatic carbocycles. The lowest BCUT2D eigenvalue weighted by atomic mass is 10.1. The van der Waals surface area contributed by atoms with Crippen LogP contribution < -0.4 is 0 Å². The Balaban J connectivity index is 2.09. The molecule has 17 heavy (non-hydrogen) atoms. The third-order valence-corrected chi connectivity index (χ3v) is 2.52. The molecule has 1 aromatic rings. The Hall–Kier alpha value is -2.10. The summed E-state index contributed by atoms with van der Waals surface area (Å²) in [6, 6.07) is 7.08. The molecule has 2 rings (SSSR count). The highest BCUT2D eigenvalue weighted by atomic mass is 16.7. The molecule has 0 aromatic heterocycles. The number of hydrogen-bond donors (Lipinski definition) is 0. The van der Waals surface area contributed by atoms with Crippen LogP contribution in [0.3, 0.4) is 0 Å². The molecule has 0 fully saturated rings. The Morgan fingerprint density at radius 2 is 2.00 bits per heavy atom. The van der Waals surface area contributed by atoms with Gasteiger partial charge in [-0.2, -0.15) is 0 Å². The SMILES string of the molecule is CC1=C[C@H](OC(=O)c2ccccc2C)OC1=O. The van der Waals surface area contributed by atoms with Crippen LogP contribution in [-0.2, 0) is 14.3 Å². The lowest BCUT2D eigenvalue weighted by Crippen LogP contribution is -2.18. The second-order valence-corrected chi connectivity index (χ2v) is 3.84. The lowest BCUT2D eigenvalue weighted by molar-refractivity contribution is -0.151. The fourth-order valence-corrected chi connectivity index (χ4v) is 1.53. The summed E-state index contributed by atoms with van der Waals surface area (Å²) in [5, 5.41) is 0. The zero-order valence-corrected chi connectivity index (χ0v) is 9.60. The average Bonchev–Trinajstić information content (AvgIpc) is 2.58. The van der Waals surface area contributed by atoms with Crippen LogP contribution in [0.2, 0.25) is 0 Å². The lowest BCUT2D eigenvalue weighted by Gasteiger charge is -2.10. The van der Waals surface area contributed by atoms with Crippen molar-refractivity contribution in [3.63, 3.8) is 0 Å².